The van der Waals surface area contributed by atoms with Crippen LogP contribution in [0.4, 0.5) is 0 Å². The lowest BCUT2D eigenvalue weighted by atomic mass is 9.99. The Morgan fingerprint density at radius 1 is 0.771 bits per heavy atom. The van der Waals surface area contributed by atoms with Crippen LogP contribution in [-0.2, 0) is 51.0 Å². The lowest BCUT2D eigenvalue weighted by Gasteiger charge is -2.08. The van der Waals surface area contributed by atoms with Gasteiger partial charge in [-0.25, -0.2) is 0 Å². The predicted octanol–water partition coefficient (Wildman–Crippen LogP) is 2.35. The van der Waals surface area contributed by atoms with Crippen molar-refractivity contribution in [3.63, 3.8) is 0 Å². The maximum absolute atomic E-state index is 12.5. The highest BCUT2D eigenvalue weighted by molar-refractivity contribution is 7.87. The summed E-state index contributed by atoms with van der Waals surface area (Å²) in [6.07, 6.45) is -0.176. The molecule has 0 aromatic heterocycles. The Kier molecular flexibility index (Phi) is 9.36. The van der Waals surface area contributed by atoms with E-state index in [-0.39, 0.29) is 35.5 Å². The van der Waals surface area contributed by atoms with E-state index in [0.717, 1.165) is 14.2 Å². The van der Waals surface area contributed by atoms with Crippen LogP contribution in [0.5, 0.6) is 0 Å². The fraction of sp³-hybridized carbons (Fsp3) is 0.348. The Morgan fingerprint density at radius 2 is 1.14 bits per heavy atom. The normalized spacial score (nSPS) is 11.7. The summed E-state index contributed by atoms with van der Waals surface area (Å²) in [5, 5.41) is 0. The first-order valence-electron chi connectivity index (χ1n) is 10.4. The quantitative estimate of drug-likeness (QED) is 0.135. The van der Waals surface area contributed by atoms with E-state index in [1.807, 2.05) is 0 Å². The predicted molar refractivity (Wildman–Crippen MR) is 126 cm³/mol. The summed E-state index contributed by atoms with van der Waals surface area (Å²) in [5.41, 5.74) is 10.6. The van der Waals surface area contributed by atoms with Crippen LogP contribution in [0.15, 0.2) is 46.2 Å². The molecule has 0 atom stereocenters. The Morgan fingerprint density at radius 3 is 1.46 bits per heavy atom. The number of nitrogens with zero attached hydrogens (tertiary/aromatic N) is 2. The minimum atomic E-state index is -3.92. The van der Waals surface area contributed by atoms with Gasteiger partial charge >= 0.3 is 5.71 Å². The molecule has 0 saturated carbocycles. The van der Waals surface area contributed by atoms with E-state index < -0.39 is 37.5 Å². The maximum Gasteiger partial charge on any atom is 0.400 e. The number of benzene rings is 2. The van der Waals surface area contributed by atoms with Crippen molar-refractivity contribution in [3.05, 3.63) is 64.2 Å². The molecule has 0 N–H and O–H groups in total. The number of carbonyl (C=O) groups excluding carboxylic acids is 2. The van der Waals surface area contributed by atoms with Crippen molar-refractivity contribution in [1.29, 1.82) is 0 Å². The van der Waals surface area contributed by atoms with Gasteiger partial charge in [0.15, 0.2) is 0 Å². The Balaban J connectivity index is 2.08. The first-order valence-corrected chi connectivity index (χ1v) is 13.3. The maximum atomic E-state index is 12.5. The molecule has 10 nitrogen and oxygen atoms in total. The van der Waals surface area contributed by atoms with Gasteiger partial charge in [0.1, 0.15) is 0 Å². The largest absolute Gasteiger partial charge is 0.400 e. The summed E-state index contributed by atoms with van der Waals surface area (Å²) in [7, 11) is -5.75. The molecular formula is C23H26N2O8S2. The first-order chi connectivity index (χ1) is 16.4. The third-order valence-electron chi connectivity index (χ3n) is 5.39. The highest BCUT2D eigenvalue weighted by Crippen LogP contribution is 2.21. The van der Waals surface area contributed by atoms with Crippen LogP contribution in [0, 0.1) is 13.8 Å². The Labute approximate surface area is 204 Å². The molecule has 12 heteroatoms. The van der Waals surface area contributed by atoms with Crippen LogP contribution in [0.1, 0.15) is 35.1 Å². The number of ketones is 2. The number of aryl methyl sites for hydroxylation is 4. The van der Waals surface area contributed by atoms with Gasteiger partial charge in [-0.2, -0.15) is 21.6 Å². The molecule has 0 heterocycles. The molecule has 0 fully saturated rings. The number of hydrogen-bond acceptors (Lipinski definition) is 8. The zero-order valence-electron chi connectivity index (χ0n) is 19.8. The highest BCUT2D eigenvalue weighted by atomic mass is 32.2. The summed E-state index contributed by atoms with van der Waals surface area (Å²) in [5.74, 6) is -1.42. The monoisotopic (exact) mass is 522 g/mol. The second-order valence-electron chi connectivity index (χ2n) is 7.74. The van der Waals surface area contributed by atoms with Gasteiger partial charge in [0.25, 0.3) is 20.2 Å². The molecule has 0 aliphatic carbocycles. The van der Waals surface area contributed by atoms with E-state index in [1.165, 1.54) is 12.1 Å². The van der Waals surface area contributed by atoms with Crippen molar-refractivity contribution in [2.75, 3.05) is 14.2 Å². The SMILES string of the molecule is COS(=O)(=O)c1cc(CCC(=O)C(=[N+]=[N-])C(=O)CCc2ccc(C)c(S(=O)(=O)OC)c2)ccc1C. The van der Waals surface area contributed by atoms with Gasteiger partial charge in [0, 0.05) is 12.8 Å². The van der Waals surface area contributed by atoms with Crippen LogP contribution in [0.25, 0.3) is 5.53 Å². The van der Waals surface area contributed by atoms with Gasteiger partial charge < -0.3 is 5.53 Å². The third-order valence-corrected chi connectivity index (χ3v) is 8.23. The smallest absolute Gasteiger partial charge is 0.360 e. The number of hydrogen-bond donors (Lipinski definition) is 0. The van der Waals surface area contributed by atoms with Crippen molar-refractivity contribution in [2.45, 2.75) is 49.3 Å². The highest BCUT2D eigenvalue weighted by Gasteiger charge is 2.28. The Hall–Kier alpha value is -3.02. The summed E-state index contributed by atoms with van der Waals surface area (Å²) in [6, 6.07) is 9.25. The van der Waals surface area contributed by atoms with E-state index in [4.69, 9.17) is 0 Å². The first kappa shape index (κ1) is 28.2. The molecule has 0 aliphatic rings. The number of carbonyl (C=O) groups is 2. The van der Waals surface area contributed by atoms with Crippen molar-refractivity contribution in [2.24, 2.45) is 0 Å². The fourth-order valence-corrected chi connectivity index (χ4v) is 5.21. The molecule has 0 radical (unpaired) electrons. The summed E-state index contributed by atoms with van der Waals surface area (Å²) in [4.78, 5) is 27.9. The summed E-state index contributed by atoms with van der Waals surface area (Å²) >= 11 is 0. The molecule has 2 aromatic rings. The van der Waals surface area contributed by atoms with E-state index >= 15 is 0 Å². The van der Waals surface area contributed by atoms with E-state index in [0.29, 0.717) is 22.3 Å². The second kappa shape index (κ2) is 11.6. The number of rotatable bonds is 12. The van der Waals surface area contributed by atoms with Gasteiger partial charge in [-0.1, -0.05) is 24.3 Å². The van der Waals surface area contributed by atoms with Gasteiger partial charge in [-0.3, -0.25) is 18.0 Å². The van der Waals surface area contributed by atoms with Crippen molar-refractivity contribution in [1.82, 2.24) is 0 Å². The molecule has 0 spiro atoms. The molecular weight excluding hydrogens is 496 g/mol. The minimum absolute atomic E-state index is 0.0231. The van der Waals surface area contributed by atoms with E-state index in [2.05, 4.69) is 13.2 Å². The average Bonchev–Trinajstić information content (AvgIpc) is 2.83. The van der Waals surface area contributed by atoms with Crippen LogP contribution in [0.3, 0.4) is 0 Å². The van der Waals surface area contributed by atoms with Crippen molar-refractivity contribution >= 4 is 37.5 Å². The lowest BCUT2D eigenvalue weighted by Crippen LogP contribution is -2.26. The molecule has 0 aliphatic heterocycles. The summed E-state index contributed by atoms with van der Waals surface area (Å²) < 4.78 is 57.2. The standard InChI is InChI=1S/C23H26N2O8S2/c1-15-5-7-17(13-21(15)34(28,29)32-3)9-11-19(26)23(25-24)20(27)12-10-18-8-6-16(2)22(14-18)35(30,31)33-4/h5-8,13-14H,9-12H2,1-4H3. The fourth-order valence-electron chi connectivity index (χ4n) is 3.34. The van der Waals surface area contributed by atoms with Crippen LogP contribution in [-0.4, -0.2) is 53.1 Å². The zero-order valence-corrected chi connectivity index (χ0v) is 21.4. The van der Waals surface area contributed by atoms with E-state index in [1.54, 1.807) is 38.1 Å². The molecule has 0 amide bonds. The van der Waals surface area contributed by atoms with Crippen molar-refractivity contribution in [3.8, 4) is 0 Å². The van der Waals surface area contributed by atoms with Crippen molar-refractivity contribution < 1.29 is 39.6 Å². The Bertz CT molecular complexity index is 1310. The molecule has 2 rings (SSSR count). The molecule has 188 valence electrons. The van der Waals surface area contributed by atoms with Gasteiger partial charge in [-0.15, -0.1) is 0 Å². The summed E-state index contributed by atoms with van der Waals surface area (Å²) in [6.45, 7) is 3.22. The minimum Gasteiger partial charge on any atom is -0.360 e. The second-order valence-corrected chi connectivity index (χ2v) is 11.1. The van der Waals surface area contributed by atoms with Gasteiger partial charge in [0.05, 0.1) is 24.0 Å². The van der Waals surface area contributed by atoms with E-state index in [9.17, 15) is 32.0 Å². The van der Waals surface area contributed by atoms with Crippen LogP contribution >= 0.6 is 0 Å². The number of Topliss-reactive ketones (excluding diaryl/α,β-unsaturated/α-hetero) is 2. The zero-order chi connectivity index (χ0) is 26.4. The third kappa shape index (κ3) is 7.00. The molecule has 0 saturated heterocycles. The molecule has 0 bridgehead atoms. The molecule has 35 heavy (non-hydrogen) atoms. The van der Waals surface area contributed by atoms with Crippen LogP contribution < -0.4 is 0 Å². The van der Waals surface area contributed by atoms with Gasteiger partial charge in [-0.05, 0) is 61.1 Å². The molecule has 2 aromatic carbocycles. The van der Waals surface area contributed by atoms with Crippen LogP contribution in [0.2, 0.25) is 0 Å². The topological polar surface area (TPSA) is 157 Å². The lowest BCUT2D eigenvalue weighted by molar-refractivity contribution is -0.124. The van der Waals surface area contributed by atoms with Gasteiger partial charge in [0.2, 0.25) is 11.6 Å². The molecule has 0 unspecified atom stereocenters. The average molecular weight is 523 g/mol.